The summed E-state index contributed by atoms with van der Waals surface area (Å²) >= 11 is 5.88. The summed E-state index contributed by atoms with van der Waals surface area (Å²) in [6.45, 7) is 0.177. The molecule has 0 bridgehead atoms. The minimum atomic E-state index is -0.485. The molecule has 0 N–H and O–H groups in total. The number of non-ortho nitro benzene ring substituents is 1. The molecule has 1 aromatic heterocycles. The van der Waals surface area contributed by atoms with Crippen LogP contribution in [0.2, 0.25) is 5.02 Å². The van der Waals surface area contributed by atoms with Gasteiger partial charge in [0.15, 0.2) is 0 Å². The first kappa shape index (κ1) is 19.8. The van der Waals surface area contributed by atoms with Crippen LogP contribution in [-0.2, 0) is 11.3 Å². The van der Waals surface area contributed by atoms with E-state index in [1.54, 1.807) is 35.2 Å². The Labute approximate surface area is 176 Å². The average Bonchev–Trinajstić information content (AvgIpc) is 3.48. The number of halogens is 1. The predicted octanol–water partition coefficient (Wildman–Crippen LogP) is 4.50. The van der Waals surface area contributed by atoms with Gasteiger partial charge in [0, 0.05) is 34.8 Å². The molecular weight excluding hydrogens is 408 g/mol. The van der Waals surface area contributed by atoms with E-state index in [1.807, 2.05) is 12.1 Å². The number of benzene rings is 2. The van der Waals surface area contributed by atoms with E-state index in [1.165, 1.54) is 18.2 Å². The molecule has 0 aliphatic heterocycles. The van der Waals surface area contributed by atoms with Crippen LogP contribution in [0.3, 0.4) is 0 Å². The fraction of sp³-hybridized carbons (Fsp3) is 0.190. The zero-order valence-corrected chi connectivity index (χ0v) is 16.5. The Hall–Kier alpha value is -3.52. The van der Waals surface area contributed by atoms with Gasteiger partial charge in [0.1, 0.15) is 0 Å². The zero-order chi connectivity index (χ0) is 21.1. The molecule has 152 valence electrons. The van der Waals surface area contributed by atoms with Crippen LogP contribution in [-0.4, -0.2) is 32.0 Å². The van der Waals surface area contributed by atoms with Gasteiger partial charge in [-0.25, -0.2) is 0 Å². The van der Waals surface area contributed by atoms with Crippen molar-refractivity contribution < 1.29 is 14.1 Å². The van der Waals surface area contributed by atoms with Crippen molar-refractivity contribution in [3.8, 4) is 11.5 Å². The van der Waals surface area contributed by atoms with Crippen LogP contribution in [0.4, 0.5) is 5.69 Å². The molecule has 1 heterocycles. The number of amides is 1. The number of carbonyl (C=O) groups is 1. The minimum absolute atomic E-state index is 0.0608. The maximum atomic E-state index is 12.7. The van der Waals surface area contributed by atoms with E-state index in [4.69, 9.17) is 16.0 Å². The van der Waals surface area contributed by atoms with Crippen molar-refractivity contribution in [2.75, 3.05) is 0 Å². The quantitative estimate of drug-likeness (QED) is 0.314. The molecule has 1 aliphatic rings. The number of nitro benzene ring substituents is 1. The van der Waals surface area contributed by atoms with Gasteiger partial charge >= 0.3 is 0 Å². The smallest absolute Gasteiger partial charge is 0.270 e. The third-order valence-electron chi connectivity index (χ3n) is 4.64. The van der Waals surface area contributed by atoms with Crippen LogP contribution in [0, 0.1) is 10.1 Å². The number of hydrogen-bond donors (Lipinski definition) is 0. The van der Waals surface area contributed by atoms with Crippen molar-refractivity contribution in [1.29, 1.82) is 0 Å². The Bertz CT molecular complexity index is 1110. The van der Waals surface area contributed by atoms with Gasteiger partial charge < -0.3 is 9.32 Å². The molecule has 30 heavy (non-hydrogen) atoms. The summed E-state index contributed by atoms with van der Waals surface area (Å²) in [5.41, 5.74) is 1.26. The molecule has 9 heteroatoms. The Balaban J connectivity index is 1.48. The zero-order valence-electron chi connectivity index (χ0n) is 15.8. The first-order valence-electron chi connectivity index (χ1n) is 9.31. The predicted molar refractivity (Wildman–Crippen MR) is 110 cm³/mol. The van der Waals surface area contributed by atoms with Crippen molar-refractivity contribution >= 4 is 29.3 Å². The van der Waals surface area contributed by atoms with E-state index in [0.29, 0.717) is 10.6 Å². The van der Waals surface area contributed by atoms with Gasteiger partial charge in [0.25, 0.3) is 5.69 Å². The average molecular weight is 425 g/mol. The number of nitro groups is 1. The fourth-order valence-corrected chi connectivity index (χ4v) is 3.07. The maximum absolute atomic E-state index is 12.7. The lowest BCUT2D eigenvalue weighted by Gasteiger charge is -2.18. The summed E-state index contributed by atoms with van der Waals surface area (Å²) in [6.07, 6.45) is 5.09. The van der Waals surface area contributed by atoms with Crippen molar-refractivity contribution in [3.63, 3.8) is 0 Å². The van der Waals surface area contributed by atoms with E-state index in [9.17, 15) is 14.9 Å². The van der Waals surface area contributed by atoms with Crippen LogP contribution in [0.1, 0.15) is 24.3 Å². The third kappa shape index (κ3) is 4.72. The van der Waals surface area contributed by atoms with Crippen LogP contribution in [0.25, 0.3) is 17.5 Å². The van der Waals surface area contributed by atoms with Crippen LogP contribution >= 0.6 is 11.6 Å². The lowest BCUT2D eigenvalue weighted by molar-refractivity contribution is -0.384. The minimum Gasteiger partial charge on any atom is -0.419 e. The summed E-state index contributed by atoms with van der Waals surface area (Å²) in [5.74, 6) is 0.299. The van der Waals surface area contributed by atoms with Gasteiger partial charge in [-0.1, -0.05) is 29.8 Å². The first-order chi connectivity index (χ1) is 14.5. The molecule has 0 radical (unpaired) electrons. The van der Waals surface area contributed by atoms with Gasteiger partial charge in [-0.05, 0) is 42.7 Å². The van der Waals surface area contributed by atoms with Gasteiger partial charge in [-0.15, -0.1) is 10.2 Å². The molecule has 1 amide bonds. The van der Waals surface area contributed by atoms with Crippen LogP contribution < -0.4 is 0 Å². The summed E-state index contributed by atoms with van der Waals surface area (Å²) in [5, 5.41) is 19.6. The number of hydrogen-bond acceptors (Lipinski definition) is 6. The molecule has 0 atom stereocenters. The van der Waals surface area contributed by atoms with E-state index >= 15 is 0 Å². The Morgan fingerprint density at radius 1 is 1.23 bits per heavy atom. The molecular formula is C21H17ClN4O4. The van der Waals surface area contributed by atoms with E-state index in [0.717, 1.165) is 18.4 Å². The number of nitrogens with zero attached hydrogens (tertiary/aromatic N) is 4. The van der Waals surface area contributed by atoms with Gasteiger partial charge in [0.2, 0.25) is 17.7 Å². The highest BCUT2D eigenvalue weighted by Gasteiger charge is 2.32. The molecule has 0 unspecified atom stereocenters. The molecule has 4 rings (SSSR count). The summed E-state index contributed by atoms with van der Waals surface area (Å²) < 4.78 is 5.66. The molecule has 1 aliphatic carbocycles. The summed E-state index contributed by atoms with van der Waals surface area (Å²) in [4.78, 5) is 24.9. The second kappa shape index (κ2) is 8.46. The molecule has 1 saturated carbocycles. The van der Waals surface area contributed by atoms with Crippen molar-refractivity contribution in [2.45, 2.75) is 25.4 Å². The second-order valence-corrected chi connectivity index (χ2v) is 7.33. The standard InChI is InChI=1S/C21H17ClN4O4/c22-16-7-4-14(5-8-16)6-11-20(27)25(17-9-10-17)13-19-23-24-21(30-19)15-2-1-3-18(12-15)26(28)29/h1-8,11-12,17H,9-10,13H2. The normalized spacial score (nSPS) is 13.5. The van der Waals surface area contributed by atoms with Crippen molar-refractivity contribution in [2.24, 2.45) is 0 Å². The van der Waals surface area contributed by atoms with E-state index < -0.39 is 4.92 Å². The molecule has 3 aromatic rings. The van der Waals surface area contributed by atoms with E-state index in [-0.39, 0.29) is 36.0 Å². The first-order valence-corrected chi connectivity index (χ1v) is 9.69. The summed E-state index contributed by atoms with van der Waals surface area (Å²) in [7, 11) is 0. The van der Waals surface area contributed by atoms with E-state index in [2.05, 4.69) is 10.2 Å². The number of aromatic nitrogens is 2. The van der Waals surface area contributed by atoms with Crippen molar-refractivity contribution in [3.05, 3.63) is 81.2 Å². The highest BCUT2D eigenvalue weighted by Crippen LogP contribution is 2.29. The highest BCUT2D eigenvalue weighted by atomic mass is 35.5. The van der Waals surface area contributed by atoms with Gasteiger partial charge in [-0.3, -0.25) is 14.9 Å². The molecule has 8 nitrogen and oxygen atoms in total. The van der Waals surface area contributed by atoms with Gasteiger partial charge in [0.05, 0.1) is 11.5 Å². The Kier molecular flexibility index (Phi) is 5.58. The third-order valence-corrected chi connectivity index (χ3v) is 4.89. The van der Waals surface area contributed by atoms with Crippen molar-refractivity contribution in [1.82, 2.24) is 15.1 Å². The number of carbonyl (C=O) groups excluding carboxylic acids is 1. The largest absolute Gasteiger partial charge is 0.419 e. The lowest BCUT2D eigenvalue weighted by atomic mass is 10.2. The monoisotopic (exact) mass is 424 g/mol. The fourth-order valence-electron chi connectivity index (χ4n) is 2.94. The molecule has 0 spiro atoms. The van der Waals surface area contributed by atoms with Crippen LogP contribution in [0.5, 0.6) is 0 Å². The SMILES string of the molecule is O=C(C=Cc1ccc(Cl)cc1)N(Cc1nnc(-c2cccc([N+](=O)[O-])c2)o1)C1CC1. The van der Waals surface area contributed by atoms with Crippen LogP contribution in [0.15, 0.2) is 59.0 Å². The molecule has 0 saturated heterocycles. The molecule has 1 fully saturated rings. The highest BCUT2D eigenvalue weighted by molar-refractivity contribution is 6.30. The number of rotatable bonds is 7. The topological polar surface area (TPSA) is 102 Å². The second-order valence-electron chi connectivity index (χ2n) is 6.89. The maximum Gasteiger partial charge on any atom is 0.270 e. The molecule has 2 aromatic carbocycles. The Morgan fingerprint density at radius 2 is 2.00 bits per heavy atom. The van der Waals surface area contributed by atoms with Gasteiger partial charge in [-0.2, -0.15) is 0 Å². The lowest BCUT2D eigenvalue weighted by Crippen LogP contribution is -2.31. The Morgan fingerprint density at radius 3 is 2.70 bits per heavy atom. The summed E-state index contributed by atoms with van der Waals surface area (Å²) in [6, 6.07) is 13.3.